The van der Waals surface area contributed by atoms with Crippen LogP contribution in [-0.2, 0) is 23.7 Å². The van der Waals surface area contributed by atoms with Crippen molar-refractivity contribution in [1.29, 1.82) is 0 Å². The first-order valence-corrected chi connectivity index (χ1v) is 36.2. The quantitative estimate of drug-likeness (QED) is 0.0204. The van der Waals surface area contributed by atoms with Crippen molar-refractivity contribution in [1.82, 2.24) is 5.32 Å². The van der Waals surface area contributed by atoms with Crippen molar-refractivity contribution >= 4 is 5.91 Å². The minimum Gasteiger partial charge on any atom is -0.394 e. The topological polar surface area (TPSA) is 228 Å². The number of amides is 1. The van der Waals surface area contributed by atoms with Crippen LogP contribution in [0.25, 0.3) is 0 Å². The van der Waals surface area contributed by atoms with Gasteiger partial charge in [-0.15, -0.1) is 0 Å². The van der Waals surface area contributed by atoms with Gasteiger partial charge in [-0.1, -0.05) is 307 Å². The van der Waals surface area contributed by atoms with Gasteiger partial charge in [-0.2, -0.15) is 0 Å². The number of carbonyl (C=O) groups is 1. The van der Waals surface area contributed by atoms with Crippen molar-refractivity contribution in [2.45, 2.75) is 396 Å². The molecule has 2 aliphatic rings. The van der Waals surface area contributed by atoms with Gasteiger partial charge in [0.25, 0.3) is 0 Å². The van der Waals surface area contributed by atoms with Crippen molar-refractivity contribution in [2.24, 2.45) is 0 Å². The summed E-state index contributed by atoms with van der Waals surface area (Å²) >= 11 is 0. The van der Waals surface area contributed by atoms with Gasteiger partial charge in [0.1, 0.15) is 48.8 Å². The number of carbonyl (C=O) groups excluding carboxylic acids is 1. The molecular formula is C72H135NO13. The zero-order chi connectivity index (χ0) is 62.3. The number of aliphatic hydroxyl groups is 8. The number of rotatable bonds is 60. The standard InChI is InChI=1S/C72H135NO13/c1-3-5-7-9-11-13-15-17-19-21-23-25-27-28-29-30-31-32-34-36-38-40-42-44-46-48-50-52-54-56-64(77)73-60(59-83-71-69(82)67(80)70(63(58-75)85-71)86-72-68(81)66(79)65(78)62(57-74)84-72)61(76)55-53-51-49-47-45-43-41-39-37-35-33-26-24-22-20-18-16-14-12-10-8-6-4-2/h37,39,45,47,53,55,60-63,65-72,74-76,78-82H,3-36,38,40-44,46,48-52,54,56-59H2,1-2H3,(H,73,77)/b39-37+,47-45+,55-53+. The van der Waals surface area contributed by atoms with Crippen LogP contribution in [0.5, 0.6) is 0 Å². The maximum atomic E-state index is 13.3. The molecule has 1 amide bonds. The minimum atomic E-state index is -1.79. The number of allylic oxidation sites excluding steroid dienone is 5. The molecule has 12 atom stereocenters. The second-order valence-electron chi connectivity index (χ2n) is 25.7. The summed E-state index contributed by atoms with van der Waals surface area (Å²) in [5.41, 5.74) is 0. The molecule has 0 aromatic heterocycles. The maximum Gasteiger partial charge on any atom is 0.220 e. The van der Waals surface area contributed by atoms with Crippen molar-refractivity contribution < 1.29 is 64.6 Å². The Bertz CT molecular complexity index is 1580. The van der Waals surface area contributed by atoms with Crippen LogP contribution >= 0.6 is 0 Å². The van der Waals surface area contributed by atoms with E-state index < -0.39 is 86.8 Å². The van der Waals surface area contributed by atoms with E-state index in [1.807, 2.05) is 6.08 Å². The second-order valence-corrected chi connectivity index (χ2v) is 25.7. The van der Waals surface area contributed by atoms with Crippen LogP contribution in [0.4, 0.5) is 0 Å². The maximum absolute atomic E-state index is 13.3. The van der Waals surface area contributed by atoms with Crippen LogP contribution in [-0.4, -0.2) is 140 Å². The van der Waals surface area contributed by atoms with Gasteiger partial charge in [0, 0.05) is 6.42 Å². The summed E-state index contributed by atoms with van der Waals surface area (Å²) in [6.07, 6.45) is 56.4. The SMILES string of the molecule is CCCCCCCCCCCCCCC/C=C/CC/C=C/CC/C=C/C(O)C(COC1OC(CO)C(OC2OC(CO)C(O)C(O)C2O)C(O)C1O)NC(=O)CCCCCCCCCCCCCCCCCCCCCCCCCCCCCCC. The zero-order valence-corrected chi connectivity index (χ0v) is 55.1. The number of ether oxygens (including phenoxy) is 4. The Kier molecular flexibility index (Phi) is 53.4. The summed E-state index contributed by atoms with van der Waals surface area (Å²) in [5, 5.41) is 87.4. The largest absolute Gasteiger partial charge is 0.394 e. The van der Waals surface area contributed by atoms with E-state index >= 15 is 0 Å². The number of aliphatic hydroxyl groups excluding tert-OH is 8. The first-order valence-electron chi connectivity index (χ1n) is 36.2. The molecule has 0 aromatic rings. The van der Waals surface area contributed by atoms with Crippen molar-refractivity contribution in [3.05, 3.63) is 36.5 Å². The molecule has 86 heavy (non-hydrogen) atoms. The molecule has 14 nitrogen and oxygen atoms in total. The number of nitrogens with one attached hydrogen (secondary N) is 1. The molecule has 0 spiro atoms. The molecule has 9 N–H and O–H groups in total. The summed E-state index contributed by atoms with van der Waals surface area (Å²) < 4.78 is 22.8. The first kappa shape index (κ1) is 80.3. The molecule has 0 bridgehead atoms. The Balaban J connectivity index is 1.68. The van der Waals surface area contributed by atoms with Crippen molar-refractivity contribution in [3.63, 3.8) is 0 Å². The molecule has 14 heteroatoms. The van der Waals surface area contributed by atoms with Crippen LogP contribution in [0, 0.1) is 0 Å². The molecule has 0 aromatic carbocycles. The molecule has 0 saturated carbocycles. The normalized spacial score (nSPS) is 23.6. The number of unbranched alkanes of at least 4 members (excludes halogenated alkanes) is 43. The third-order valence-corrected chi connectivity index (χ3v) is 17.8. The van der Waals surface area contributed by atoms with Gasteiger partial charge >= 0.3 is 0 Å². The Morgan fingerprint density at radius 2 is 0.744 bits per heavy atom. The van der Waals surface area contributed by atoms with Crippen LogP contribution in [0.3, 0.4) is 0 Å². The van der Waals surface area contributed by atoms with Crippen molar-refractivity contribution in [3.8, 4) is 0 Å². The van der Waals surface area contributed by atoms with Crippen LogP contribution in [0.2, 0.25) is 0 Å². The van der Waals surface area contributed by atoms with Crippen LogP contribution in [0.15, 0.2) is 36.5 Å². The highest BCUT2D eigenvalue weighted by molar-refractivity contribution is 5.76. The van der Waals surface area contributed by atoms with E-state index in [2.05, 4.69) is 43.5 Å². The highest BCUT2D eigenvalue weighted by Crippen LogP contribution is 2.30. The van der Waals surface area contributed by atoms with Crippen LogP contribution in [0.1, 0.15) is 322 Å². The van der Waals surface area contributed by atoms with E-state index in [9.17, 15) is 45.6 Å². The highest BCUT2D eigenvalue weighted by Gasteiger charge is 2.51. The molecule has 2 rings (SSSR count). The Morgan fingerprint density at radius 1 is 0.407 bits per heavy atom. The predicted molar refractivity (Wildman–Crippen MR) is 351 cm³/mol. The van der Waals surface area contributed by atoms with E-state index in [-0.39, 0.29) is 18.9 Å². The Hall–Kier alpha value is -1.79. The summed E-state index contributed by atoms with van der Waals surface area (Å²) in [6, 6.07) is -0.937. The summed E-state index contributed by atoms with van der Waals surface area (Å²) in [6.45, 7) is 2.83. The van der Waals surface area contributed by atoms with E-state index in [0.717, 1.165) is 44.9 Å². The fourth-order valence-electron chi connectivity index (χ4n) is 12.0. The van der Waals surface area contributed by atoms with Gasteiger partial charge < -0.3 is 65.1 Å². The minimum absolute atomic E-state index is 0.247. The van der Waals surface area contributed by atoms with E-state index in [1.54, 1.807) is 6.08 Å². The molecule has 2 aliphatic heterocycles. The van der Waals surface area contributed by atoms with E-state index in [4.69, 9.17) is 18.9 Å². The average Bonchev–Trinajstić information content (AvgIpc) is 2.46. The van der Waals surface area contributed by atoms with Gasteiger partial charge in [0.15, 0.2) is 12.6 Å². The molecule has 506 valence electrons. The summed E-state index contributed by atoms with van der Waals surface area (Å²) in [5.74, 6) is -0.247. The molecule has 2 saturated heterocycles. The lowest BCUT2D eigenvalue weighted by atomic mass is 9.97. The molecular weight excluding hydrogens is 1090 g/mol. The van der Waals surface area contributed by atoms with Gasteiger partial charge in [-0.3, -0.25) is 4.79 Å². The third-order valence-electron chi connectivity index (χ3n) is 17.8. The van der Waals surface area contributed by atoms with Crippen LogP contribution < -0.4 is 5.32 Å². The molecule has 2 fully saturated rings. The first-order chi connectivity index (χ1) is 42.1. The number of hydrogen-bond acceptors (Lipinski definition) is 13. The Labute approximate surface area is 525 Å². The van der Waals surface area contributed by atoms with Gasteiger partial charge in [0.2, 0.25) is 5.91 Å². The molecule has 12 unspecified atom stereocenters. The predicted octanol–water partition coefficient (Wildman–Crippen LogP) is 14.9. The average molecular weight is 1220 g/mol. The lowest BCUT2D eigenvalue weighted by Gasteiger charge is -2.46. The monoisotopic (exact) mass is 1220 g/mol. The lowest BCUT2D eigenvalue weighted by molar-refractivity contribution is -0.359. The molecule has 0 radical (unpaired) electrons. The number of hydrogen-bond donors (Lipinski definition) is 9. The fraction of sp³-hybridized carbons (Fsp3) is 0.903. The van der Waals surface area contributed by atoms with E-state index in [1.165, 1.54) is 244 Å². The smallest absolute Gasteiger partial charge is 0.220 e. The summed E-state index contributed by atoms with van der Waals surface area (Å²) in [7, 11) is 0. The third kappa shape index (κ3) is 40.8. The lowest BCUT2D eigenvalue weighted by Crippen LogP contribution is -2.65. The molecule has 2 heterocycles. The fourth-order valence-corrected chi connectivity index (χ4v) is 12.0. The Morgan fingerprint density at radius 3 is 1.14 bits per heavy atom. The summed E-state index contributed by atoms with van der Waals surface area (Å²) in [4.78, 5) is 13.3. The highest BCUT2D eigenvalue weighted by atomic mass is 16.7. The van der Waals surface area contributed by atoms with E-state index in [0.29, 0.717) is 12.8 Å². The van der Waals surface area contributed by atoms with Crippen molar-refractivity contribution in [2.75, 3.05) is 19.8 Å². The van der Waals surface area contributed by atoms with Gasteiger partial charge in [0.05, 0.1) is 32.0 Å². The van der Waals surface area contributed by atoms with Gasteiger partial charge in [-0.25, -0.2) is 0 Å². The zero-order valence-electron chi connectivity index (χ0n) is 55.1. The second kappa shape index (κ2) is 57.1. The molecule has 0 aliphatic carbocycles. The van der Waals surface area contributed by atoms with Gasteiger partial charge in [-0.05, 0) is 44.9 Å².